The zero-order valence-electron chi connectivity index (χ0n) is 14.6. The number of rotatable bonds is 7. The van der Waals surface area contributed by atoms with E-state index in [4.69, 9.17) is 16.3 Å². The van der Waals surface area contributed by atoms with Crippen molar-refractivity contribution in [3.63, 3.8) is 0 Å². The van der Waals surface area contributed by atoms with Gasteiger partial charge >= 0.3 is 0 Å². The third kappa shape index (κ3) is 5.33. The van der Waals surface area contributed by atoms with Gasteiger partial charge in [-0.3, -0.25) is 4.79 Å². The fourth-order valence-electron chi connectivity index (χ4n) is 3.19. The van der Waals surface area contributed by atoms with Crippen LogP contribution in [0.25, 0.3) is 0 Å². The van der Waals surface area contributed by atoms with E-state index in [1.807, 2.05) is 0 Å². The molecule has 1 fully saturated rings. The Morgan fingerprint density at radius 3 is 2.56 bits per heavy atom. The van der Waals surface area contributed by atoms with Gasteiger partial charge in [-0.1, -0.05) is 30.9 Å². The molecule has 1 N–H and O–H groups in total. The van der Waals surface area contributed by atoms with Gasteiger partial charge in [0.25, 0.3) is 0 Å². The number of carbonyl (C=O) groups is 1. The molecule has 1 aromatic carbocycles. The van der Waals surface area contributed by atoms with E-state index in [0.717, 1.165) is 25.7 Å². The number of benzene rings is 1. The smallest absolute Gasteiger partial charge is 0.240 e. The lowest BCUT2D eigenvalue weighted by Gasteiger charge is -2.33. The number of methoxy groups -OCH3 is 1. The Morgan fingerprint density at radius 2 is 2.00 bits per heavy atom. The molecule has 0 spiro atoms. The van der Waals surface area contributed by atoms with Crippen LogP contribution in [0.4, 0.5) is 0 Å². The van der Waals surface area contributed by atoms with Crippen LogP contribution in [-0.4, -0.2) is 45.5 Å². The zero-order valence-corrected chi connectivity index (χ0v) is 16.2. The molecule has 0 radical (unpaired) electrons. The summed E-state index contributed by atoms with van der Waals surface area (Å²) in [6.45, 7) is 2.07. The Morgan fingerprint density at radius 1 is 1.32 bits per heavy atom. The van der Waals surface area contributed by atoms with Gasteiger partial charge in [-0.15, -0.1) is 0 Å². The summed E-state index contributed by atoms with van der Waals surface area (Å²) >= 11 is 5.99. The van der Waals surface area contributed by atoms with Gasteiger partial charge in [0.05, 0.1) is 17.0 Å². The number of hydrogen-bond acceptors (Lipinski definition) is 4. The molecule has 0 bridgehead atoms. The molecule has 1 aliphatic rings. The molecule has 1 aliphatic carbocycles. The van der Waals surface area contributed by atoms with Crippen LogP contribution in [0.1, 0.15) is 39.0 Å². The van der Waals surface area contributed by atoms with Crippen molar-refractivity contribution in [1.29, 1.82) is 0 Å². The highest BCUT2D eigenvalue weighted by Crippen LogP contribution is 2.27. The fraction of sp³-hybridized carbons (Fsp3) is 0.588. The summed E-state index contributed by atoms with van der Waals surface area (Å²) in [5.74, 6) is 0.402. The number of nitrogens with zero attached hydrogens (tertiary/aromatic N) is 1. The molecule has 1 saturated carbocycles. The van der Waals surface area contributed by atoms with Crippen LogP contribution in [0.2, 0.25) is 5.02 Å². The second-order valence-corrected chi connectivity index (χ2v) is 8.37. The summed E-state index contributed by atoms with van der Waals surface area (Å²) in [5, 5.41) is 0.234. The summed E-state index contributed by atoms with van der Waals surface area (Å²) in [5.41, 5.74) is 0. The number of sulfonamides is 1. The summed E-state index contributed by atoms with van der Waals surface area (Å²) in [6.07, 6.45) is 5.41. The first-order chi connectivity index (χ1) is 11.8. The van der Waals surface area contributed by atoms with E-state index >= 15 is 0 Å². The first kappa shape index (κ1) is 20.0. The molecule has 1 amide bonds. The zero-order chi connectivity index (χ0) is 18.4. The van der Waals surface area contributed by atoms with Crippen molar-refractivity contribution in [2.75, 3.05) is 20.2 Å². The van der Waals surface area contributed by atoms with E-state index in [9.17, 15) is 13.2 Å². The maximum atomic E-state index is 12.4. The highest BCUT2D eigenvalue weighted by Gasteiger charge is 2.23. The van der Waals surface area contributed by atoms with Crippen molar-refractivity contribution in [3.05, 3.63) is 23.2 Å². The monoisotopic (exact) mass is 388 g/mol. The van der Waals surface area contributed by atoms with E-state index in [1.165, 1.54) is 38.7 Å². The van der Waals surface area contributed by atoms with Gasteiger partial charge in [-0.25, -0.2) is 13.1 Å². The standard InChI is InChI=1S/C17H25ClN2O4S/c1-13(21)20(14-6-4-3-5-7-14)11-10-19-25(22,23)15-8-9-17(24-2)16(18)12-15/h8-9,12,14,19H,3-7,10-11H2,1-2H3. The van der Waals surface area contributed by atoms with E-state index in [0.29, 0.717) is 12.3 Å². The second kappa shape index (κ2) is 8.87. The highest BCUT2D eigenvalue weighted by atomic mass is 35.5. The normalized spacial score (nSPS) is 15.8. The third-order valence-corrected chi connectivity index (χ3v) is 6.25. The molecular formula is C17H25ClN2O4S. The minimum Gasteiger partial charge on any atom is -0.495 e. The minimum absolute atomic E-state index is 0.0152. The van der Waals surface area contributed by atoms with Crippen LogP contribution in [0.3, 0.4) is 0 Å². The molecule has 0 aromatic heterocycles. The summed E-state index contributed by atoms with van der Waals surface area (Å²) < 4.78 is 32.4. The maximum Gasteiger partial charge on any atom is 0.240 e. The van der Waals surface area contributed by atoms with Crippen molar-refractivity contribution >= 4 is 27.5 Å². The molecule has 8 heteroatoms. The highest BCUT2D eigenvalue weighted by molar-refractivity contribution is 7.89. The Bertz CT molecular complexity index is 703. The van der Waals surface area contributed by atoms with Gasteiger partial charge in [0.2, 0.25) is 15.9 Å². The van der Waals surface area contributed by atoms with Crippen LogP contribution < -0.4 is 9.46 Å². The molecule has 25 heavy (non-hydrogen) atoms. The van der Waals surface area contributed by atoms with Crippen molar-refractivity contribution in [2.45, 2.75) is 50.0 Å². The first-order valence-electron chi connectivity index (χ1n) is 8.45. The van der Waals surface area contributed by atoms with Crippen molar-refractivity contribution in [1.82, 2.24) is 9.62 Å². The number of carbonyl (C=O) groups excluding carboxylic acids is 1. The molecule has 0 atom stereocenters. The Labute approximate surface area is 154 Å². The molecule has 6 nitrogen and oxygen atoms in total. The lowest BCUT2D eigenvalue weighted by Crippen LogP contribution is -2.44. The van der Waals surface area contributed by atoms with Gasteiger partial charge in [-0.2, -0.15) is 0 Å². The fourth-order valence-corrected chi connectivity index (χ4v) is 4.56. The largest absolute Gasteiger partial charge is 0.495 e. The number of amides is 1. The molecule has 0 unspecified atom stereocenters. The molecular weight excluding hydrogens is 364 g/mol. The number of ether oxygens (including phenoxy) is 1. The van der Waals surface area contributed by atoms with Crippen molar-refractivity contribution in [2.24, 2.45) is 0 Å². The van der Waals surface area contributed by atoms with E-state index in [-0.39, 0.29) is 28.4 Å². The first-order valence-corrected chi connectivity index (χ1v) is 10.3. The summed E-state index contributed by atoms with van der Waals surface area (Å²) in [7, 11) is -2.22. The topological polar surface area (TPSA) is 75.7 Å². The van der Waals surface area contributed by atoms with Gasteiger partial charge in [0, 0.05) is 26.1 Å². The summed E-state index contributed by atoms with van der Waals surface area (Å²) in [6, 6.07) is 4.52. The van der Waals surface area contributed by atoms with E-state index < -0.39 is 10.0 Å². The Balaban J connectivity index is 1.98. The Kier molecular flexibility index (Phi) is 7.10. The number of halogens is 1. The lowest BCUT2D eigenvalue weighted by molar-refractivity contribution is -0.131. The summed E-state index contributed by atoms with van der Waals surface area (Å²) in [4.78, 5) is 13.8. The lowest BCUT2D eigenvalue weighted by atomic mass is 9.94. The molecule has 140 valence electrons. The molecule has 0 aliphatic heterocycles. The van der Waals surface area contributed by atoms with E-state index in [1.54, 1.807) is 4.90 Å². The van der Waals surface area contributed by atoms with Crippen LogP contribution in [0, 0.1) is 0 Å². The average Bonchev–Trinajstić information content (AvgIpc) is 2.59. The van der Waals surface area contributed by atoms with Crippen molar-refractivity contribution in [3.8, 4) is 5.75 Å². The minimum atomic E-state index is -3.69. The van der Waals surface area contributed by atoms with E-state index in [2.05, 4.69) is 4.72 Å². The average molecular weight is 389 g/mol. The van der Waals surface area contributed by atoms with Crippen LogP contribution >= 0.6 is 11.6 Å². The molecule has 1 aromatic rings. The molecule has 2 rings (SSSR count). The molecule has 0 saturated heterocycles. The predicted molar refractivity (Wildman–Crippen MR) is 97.5 cm³/mol. The van der Waals surface area contributed by atoms with Gasteiger partial charge in [-0.05, 0) is 31.0 Å². The predicted octanol–water partition coefficient (Wildman–Crippen LogP) is 2.81. The second-order valence-electron chi connectivity index (χ2n) is 6.20. The maximum absolute atomic E-state index is 12.4. The van der Waals surface area contributed by atoms with Crippen LogP contribution in [0.5, 0.6) is 5.75 Å². The van der Waals surface area contributed by atoms with Gasteiger partial charge < -0.3 is 9.64 Å². The third-order valence-electron chi connectivity index (χ3n) is 4.50. The van der Waals surface area contributed by atoms with Crippen LogP contribution in [-0.2, 0) is 14.8 Å². The van der Waals surface area contributed by atoms with Gasteiger partial charge in [0.15, 0.2) is 0 Å². The van der Waals surface area contributed by atoms with Gasteiger partial charge in [0.1, 0.15) is 5.75 Å². The number of nitrogens with one attached hydrogen (secondary N) is 1. The quantitative estimate of drug-likeness (QED) is 0.779. The van der Waals surface area contributed by atoms with Crippen molar-refractivity contribution < 1.29 is 17.9 Å². The molecule has 0 heterocycles. The SMILES string of the molecule is COc1ccc(S(=O)(=O)NCCN(C(C)=O)C2CCCCC2)cc1Cl. The number of hydrogen-bond donors (Lipinski definition) is 1. The van der Waals surface area contributed by atoms with Crippen LogP contribution in [0.15, 0.2) is 23.1 Å². The Hall–Kier alpha value is -1.31.